The number of rotatable bonds is 0. The van der Waals surface area contributed by atoms with Crippen LogP contribution in [0.3, 0.4) is 0 Å². The molecule has 1 aliphatic heterocycles. The Labute approximate surface area is 99.6 Å². The van der Waals surface area contributed by atoms with Crippen LogP contribution in [0.5, 0.6) is 0 Å². The van der Waals surface area contributed by atoms with Gasteiger partial charge in [-0.05, 0) is 34.1 Å². The van der Waals surface area contributed by atoms with E-state index in [0.29, 0.717) is 6.54 Å². The zero-order chi connectivity index (χ0) is 11.6. The molecular weight excluding hydrogens is 258 g/mol. The highest BCUT2D eigenvalue weighted by Crippen LogP contribution is 2.23. The van der Waals surface area contributed by atoms with E-state index in [2.05, 4.69) is 22.9 Å². The summed E-state index contributed by atoms with van der Waals surface area (Å²) < 4.78 is 6.40. The van der Waals surface area contributed by atoms with Gasteiger partial charge in [-0.1, -0.05) is 21.5 Å². The van der Waals surface area contributed by atoms with E-state index in [9.17, 15) is 4.79 Å². The monoisotopic (exact) mass is 275 g/mol. The first-order valence-electron chi connectivity index (χ1n) is 5.11. The summed E-state index contributed by atoms with van der Waals surface area (Å²) in [6.45, 7) is 9.09. The molecule has 0 spiro atoms. The fraction of sp³-hybridized carbons (Fsp3) is 0.727. The Balaban J connectivity index is 2.57. The molecule has 15 heavy (non-hydrogen) atoms. The number of hydrogen-bond donors (Lipinski definition) is 0. The molecule has 0 unspecified atom stereocenters. The first-order valence-corrected chi connectivity index (χ1v) is 5.91. The normalized spacial score (nSPS) is 18.1. The van der Waals surface area contributed by atoms with Crippen molar-refractivity contribution in [3.05, 3.63) is 10.1 Å². The molecule has 0 saturated heterocycles. The standard InChI is InChI=1S/C11H18BrNO2/c1-8-5-6-13(7-9(8)12)10(14)15-11(2,3)4/h5-7H2,1-4H3. The van der Waals surface area contributed by atoms with E-state index in [1.54, 1.807) is 4.90 Å². The average Bonchev–Trinajstić information content (AvgIpc) is 2.06. The first-order chi connectivity index (χ1) is 6.79. The third-order valence-corrected chi connectivity index (χ3v) is 3.13. The van der Waals surface area contributed by atoms with E-state index in [-0.39, 0.29) is 6.09 Å². The summed E-state index contributed by atoms with van der Waals surface area (Å²) in [6.07, 6.45) is 0.687. The van der Waals surface area contributed by atoms with Gasteiger partial charge in [0.15, 0.2) is 0 Å². The van der Waals surface area contributed by atoms with Gasteiger partial charge in [0, 0.05) is 11.0 Å². The van der Waals surface area contributed by atoms with Crippen molar-refractivity contribution in [3.63, 3.8) is 0 Å². The summed E-state index contributed by atoms with van der Waals surface area (Å²) in [4.78, 5) is 13.5. The van der Waals surface area contributed by atoms with Crippen LogP contribution in [0.25, 0.3) is 0 Å². The predicted octanol–water partition coefficient (Wildman–Crippen LogP) is 3.30. The number of carbonyl (C=O) groups is 1. The molecule has 0 aromatic rings. The summed E-state index contributed by atoms with van der Waals surface area (Å²) >= 11 is 3.47. The molecular formula is C11H18BrNO2. The number of hydrogen-bond acceptors (Lipinski definition) is 2. The Morgan fingerprint density at radius 2 is 2.07 bits per heavy atom. The van der Waals surface area contributed by atoms with Crippen molar-refractivity contribution in [2.75, 3.05) is 13.1 Å². The van der Waals surface area contributed by atoms with Crippen LogP contribution < -0.4 is 0 Å². The van der Waals surface area contributed by atoms with Gasteiger partial charge in [0.25, 0.3) is 0 Å². The van der Waals surface area contributed by atoms with Gasteiger partial charge < -0.3 is 9.64 Å². The highest BCUT2D eigenvalue weighted by Gasteiger charge is 2.24. The van der Waals surface area contributed by atoms with Gasteiger partial charge in [-0.2, -0.15) is 0 Å². The van der Waals surface area contributed by atoms with Crippen molar-refractivity contribution in [3.8, 4) is 0 Å². The van der Waals surface area contributed by atoms with Crippen molar-refractivity contribution in [2.45, 2.75) is 39.7 Å². The zero-order valence-electron chi connectivity index (χ0n) is 9.76. The van der Waals surface area contributed by atoms with Crippen LogP contribution in [-0.2, 0) is 4.74 Å². The number of nitrogens with zero attached hydrogens (tertiary/aromatic N) is 1. The zero-order valence-corrected chi connectivity index (χ0v) is 11.3. The largest absolute Gasteiger partial charge is 0.444 e. The summed E-state index contributed by atoms with van der Waals surface area (Å²) in [5, 5.41) is 0. The molecule has 0 N–H and O–H groups in total. The van der Waals surface area contributed by atoms with Gasteiger partial charge >= 0.3 is 6.09 Å². The lowest BCUT2D eigenvalue weighted by molar-refractivity contribution is 0.0264. The van der Waals surface area contributed by atoms with E-state index in [4.69, 9.17) is 4.74 Å². The Morgan fingerprint density at radius 1 is 1.47 bits per heavy atom. The Morgan fingerprint density at radius 3 is 2.53 bits per heavy atom. The molecule has 1 amide bonds. The lowest BCUT2D eigenvalue weighted by Gasteiger charge is -2.30. The average molecular weight is 276 g/mol. The second-order valence-corrected chi connectivity index (χ2v) is 5.79. The van der Waals surface area contributed by atoms with Gasteiger partial charge in [-0.25, -0.2) is 4.79 Å². The fourth-order valence-electron chi connectivity index (χ4n) is 1.30. The van der Waals surface area contributed by atoms with Crippen molar-refractivity contribution in [1.29, 1.82) is 0 Å². The lowest BCUT2D eigenvalue weighted by Crippen LogP contribution is -2.40. The number of carbonyl (C=O) groups excluding carboxylic acids is 1. The SMILES string of the molecule is CC1=C(Br)CN(C(=O)OC(C)(C)C)CC1. The Kier molecular flexibility index (Phi) is 3.82. The Hall–Kier alpha value is -0.510. The van der Waals surface area contributed by atoms with E-state index >= 15 is 0 Å². The van der Waals surface area contributed by atoms with E-state index in [1.807, 2.05) is 20.8 Å². The van der Waals surface area contributed by atoms with Crippen LogP contribution in [0, 0.1) is 0 Å². The second-order valence-electron chi connectivity index (χ2n) is 4.84. The summed E-state index contributed by atoms with van der Waals surface area (Å²) in [5.41, 5.74) is 0.898. The minimum atomic E-state index is -0.417. The van der Waals surface area contributed by atoms with Crippen molar-refractivity contribution in [2.24, 2.45) is 0 Å². The molecule has 86 valence electrons. The van der Waals surface area contributed by atoms with Crippen LogP contribution in [0.2, 0.25) is 0 Å². The lowest BCUT2D eigenvalue weighted by atomic mass is 10.1. The molecule has 0 radical (unpaired) electrons. The third kappa shape index (κ3) is 3.86. The maximum Gasteiger partial charge on any atom is 0.410 e. The summed E-state index contributed by atoms with van der Waals surface area (Å²) in [5.74, 6) is 0. The second kappa shape index (κ2) is 4.56. The number of halogens is 1. The van der Waals surface area contributed by atoms with Crippen molar-refractivity contribution in [1.82, 2.24) is 4.90 Å². The molecule has 1 rings (SSSR count). The molecule has 0 aliphatic carbocycles. The maximum atomic E-state index is 11.7. The van der Waals surface area contributed by atoms with Crippen molar-refractivity contribution < 1.29 is 9.53 Å². The molecule has 1 heterocycles. The molecule has 0 bridgehead atoms. The Bertz CT molecular complexity index is 291. The van der Waals surface area contributed by atoms with Gasteiger partial charge in [-0.15, -0.1) is 0 Å². The molecule has 0 aromatic heterocycles. The molecule has 0 aromatic carbocycles. The van der Waals surface area contributed by atoms with Crippen LogP contribution in [0.15, 0.2) is 10.1 Å². The fourth-order valence-corrected chi connectivity index (χ4v) is 1.80. The molecule has 1 aliphatic rings. The molecule has 3 nitrogen and oxygen atoms in total. The van der Waals surface area contributed by atoms with Gasteiger partial charge in [-0.3, -0.25) is 0 Å². The predicted molar refractivity (Wildman–Crippen MR) is 64.1 cm³/mol. The van der Waals surface area contributed by atoms with E-state index in [1.165, 1.54) is 5.57 Å². The summed E-state index contributed by atoms with van der Waals surface area (Å²) in [6, 6.07) is 0. The minimum absolute atomic E-state index is 0.230. The van der Waals surface area contributed by atoms with E-state index < -0.39 is 5.60 Å². The van der Waals surface area contributed by atoms with Crippen LogP contribution in [0.4, 0.5) is 4.79 Å². The third-order valence-electron chi connectivity index (χ3n) is 2.20. The minimum Gasteiger partial charge on any atom is -0.444 e. The van der Waals surface area contributed by atoms with Crippen molar-refractivity contribution >= 4 is 22.0 Å². The molecule has 0 fully saturated rings. The molecule has 4 heteroatoms. The number of ether oxygens (including phenoxy) is 1. The molecule has 0 saturated carbocycles. The van der Waals surface area contributed by atoms with Gasteiger partial charge in [0.1, 0.15) is 5.60 Å². The van der Waals surface area contributed by atoms with Gasteiger partial charge in [0.05, 0.1) is 6.54 Å². The van der Waals surface area contributed by atoms with Crippen LogP contribution >= 0.6 is 15.9 Å². The quantitative estimate of drug-likeness (QED) is 0.679. The topological polar surface area (TPSA) is 29.5 Å². The highest BCUT2D eigenvalue weighted by molar-refractivity contribution is 9.11. The smallest absolute Gasteiger partial charge is 0.410 e. The van der Waals surface area contributed by atoms with Crippen LogP contribution in [-0.4, -0.2) is 29.7 Å². The van der Waals surface area contributed by atoms with Crippen LogP contribution in [0.1, 0.15) is 34.1 Å². The summed E-state index contributed by atoms with van der Waals surface area (Å²) in [7, 11) is 0. The first kappa shape index (κ1) is 12.6. The molecule has 0 atom stereocenters. The highest BCUT2D eigenvalue weighted by atomic mass is 79.9. The number of amides is 1. The van der Waals surface area contributed by atoms with Gasteiger partial charge in [0.2, 0.25) is 0 Å². The maximum absolute atomic E-state index is 11.7. The van der Waals surface area contributed by atoms with E-state index in [0.717, 1.165) is 17.4 Å².